The molecule has 0 saturated heterocycles. The van der Waals surface area contributed by atoms with Gasteiger partial charge in [-0.2, -0.15) is 0 Å². The fourth-order valence-electron chi connectivity index (χ4n) is 1.27. The molecule has 86 valence electrons. The van der Waals surface area contributed by atoms with Crippen molar-refractivity contribution in [1.29, 1.82) is 0 Å². The summed E-state index contributed by atoms with van der Waals surface area (Å²) in [5.41, 5.74) is 0.850. The van der Waals surface area contributed by atoms with E-state index >= 15 is 0 Å². The van der Waals surface area contributed by atoms with Crippen LogP contribution in [0.15, 0.2) is 35.6 Å². The van der Waals surface area contributed by atoms with Crippen molar-refractivity contribution in [3.63, 3.8) is 0 Å². The first-order valence-electron chi connectivity index (χ1n) is 4.97. The van der Waals surface area contributed by atoms with Gasteiger partial charge >= 0.3 is 5.97 Å². The third-order valence-electron chi connectivity index (χ3n) is 1.98. The van der Waals surface area contributed by atoms with E-state index in [0.717, 1.165) is 5.56 Å². The monoisotopic (exact) mass is 238 g/mol. The molecule has 0 spiro atoms. The van der Waals surface area contributed by atoms with Crippen molar-refractivity contribution in [3.05, 3.63) is 41.2 Å². The second-order valence-electron chi connectivity index (χ2n) is 3.03. The smallest absolute Gasteiger partial charge is 0.341 e. The molecular formula is C12H15O3P. The first-order valence-corrected chi connectivity index (χ1v) is 5.54. The summed E-state index contributed by atoms with van der Waals surface area (Å²) in [5.74, 6) is 0.136. The summed E-state index contributed by atoms with van der Waals surface area (Å²) >= 11 is 0. The second kappa shape index (κ2) is 6.29. The summed E-state index contributed by atoms with van der Waals surface area (Å²) in [6.07, 6.45) is 0. The predicted octanol–water partition coefficient (Wildman–Crippen LogP) is 2.44. The van der Waals surface area contributed by atoms with Crippen LogP contribution in [0.2, 0.25) is 0 Å². The van der Waals surface area contributed by atoms with Crippen molar-refractivity contribution in [2.75, 3.05) is 13.7 Å². The molecule has 1 aromatic rings. The highest BCUT2D eigenvalue weighted by molar-refractivity contribution is 7.25. The molecule has 0 radical (unpaired) electrons. The molecule has 0 fully saturated rings. The Morgan fingerprint density at radius 3 is 2.44 bits per heavy atom. The fraction of sp³-hybridized carbons (Fsp3) is 0.250. The largest absolute Gasteiger partial charge is 0.495 e. The van der Waals surface area contributed by atoms with Gasteiger partial charge in [0.1, 0.15) is 5.76 Å². The molecular weight excluding hydrogens is 223 g/mol. The predicted molar refractivity (Wildman–Crippen MR) is 66.7 cm³/mol. The number of esters is 1. The Balaban J connectivity index is 3.05. The normalized spacial score (nSPS) is 11.7. The Bertz CT molecular complexity index is 385. The van der Waals surface area contributed by atoms with Crippen molar-refractivity contribution in [3.8, 4) is 0 Å². The maximum absolute atomic E-state index is 11.5. The van der Waals surface area contributed by atoms with Gasteiger partial charge in [0, 0.05) is 5.56 Å². The van der Waals surface area contributed by atoms with Crippen LogP contribution in [0.3, 0.4) is 0 Å². The molecule has 1 aromatic carbocycles. The summed E-state index contributed by atoms with van der Waals surface area (Å²) < 4.78 is 10.1. The van der Waals surface area contributed by atoms with Gasteiger partial charge in [-0.3, -0.25) is 0 Å². The van der Waals surface area contributed by atoms with Crippen LogP contribution in [0, 0.1) is 0 Å². The minimum Gasteiger partial charge on any atom is -0.495 e. The van der Waals surface area contributed by atoms with Crippen LogP contribution in [0.4, 0.5) is 0 Å². The number of carbonyl (C=O) groups is 1. The molecule has 1 rings (SSSR count). The molecule has 0 bridgehead atoms. The molecule has 0 amide bonds. The quantitative estimate of drug-likeness (QED) is 0.350. The maximum Gasteiger partial charge on any atom is 0.341 e. The highest BCUT2D eigenvalue weighted by atomic mass is 31.0. The highest BCUT2D eigenvalue weighted by Crippen LogP contribution is 2.24. The highest BCUT2D eigenvalue weighted by Gasteiger charge is 2.14. The van der Waals surface area contributed by atoms with Crippen LogP contribution in [0.5, 0.6) is 0 Å². The number of methoxy groups -OCH3 is 1. The van der Waals surface area contributed by atoms with Crippen LogP contribution in [0.25, 0.3) is 5.76 Å². The third kappa shape index (κ3) is 3.07. The van der Waals surface area contributed by atoms with Crippen molar-refractivity contribution in [2.45, 2.75) is 6.92 Å². The third-order valence-corrected chi connectivity index (χ3v) is 2.48. The average molecular weight is 238 g/mol. The van der Waals surface area contributed by atoms with Crippen molar-refractivity contribution >= 4 is 21.0 Å². The summed E-state index contributed by atoms with van der Waals surface area (Å²) in [6.45, 7) is 2.12. The second-order valence-corrected chi connectivity index (χ2v) is 3.61. The summed E-state index contributed by atoms with van der Waals surface area (Å²) in [6, 6.07) is 9.43. The number of hydrogen-bond acceptors (Lipinski definition) is 3. The zero-order valence-electron chi connectivity index (χ0n) is 9.40. The molecule has 3 nitrogen and oxygen atoms in total. The number of hydrogen-bond donors (Lipinski definition) is 0. The molecule has 4 heteroatoms. The summed E-state index contributed by atoms with van der Waals surface area (Å²) in [7, 11) is 3.89. The number of benzene rings is 1. The van der Waals surface area contributed by atoms with E-state index < -0.39 is 0 Å². The van der Waals surface area contributed by atoms with Gasteiger partial charge in [0.05, 0.1) is 19.0 Å². The van der Waals surface area contributed by atoms with Crippen LogP contribution >= 0.6 is 9.24 Å². The van der Waals surface area contributed by atoms with Gasteiger partial charge in [0.15, 0.2) is 0 Å². The van der Waals surface area contributed by atoms with Crippen molar-refractivity contribution in [2.24, 2.45) is 0 Å². The average Bonchev–Trinajstić information content (AvgIpc) is 2.31. The molecule has 0 saturated carbocycles. The van der Waals surface area contributed by atoms with E-state index in [1.54, 1.807) is 6.92 Å². The minimum atomic E-state index is -0.381. The van der Waals surface area contributed by atoms with Gasteiger partial charge in [-0.1, -0.05) is 39.6 Å². The standard InChI is InChI=1S/C12H15O3P/c1-3-15-12(13)11(16)10(14-2)9-7-5-4-6-8-9/h4-8H,3,16H2,1-2H3/b11-10-. The van der Waals surface area contributed by atoms with Gasteiger partial charge in [0.2, 0.25) is 0 Å². The Morgan fingerprint density at radius 1 is 1.31 bits per heavy atom. The van der Waals surface area contributed by atoms with Gasteiger partial charge in [-0.25, -0.2) is 4.79 Å². The molecule has 0 aliphatic carbocycles. The van der Waals surface area contributed by atoms with Crippen LogP contribution < -0.4 is 0 Å². The molecule has 0 aliphatic heterocycles. The lowest BCUT2D eigenvalue weighted by molar-refractivity contribution is -0.137. The molecule has 0 N–H and O–H groups in total. The molecule has 0 heterocycles. The molecule has 0 aromatic heterocycles. The van der Waals surface area contributed by atoms with E-state index in [-0.39, 0.29) is 5.97 Å². The Morgan fingerprint density at radius 2 is 1.94 bits per heavy atom. The van der Waals surface area contributed by atoms with E-state index in [1.165, 1.54) is 7.11 Å². The summed E-state index contributed by atoms with van der Waals surface area (Å²) in [4.78, 5) is 11.5. The molecule has 0 aliphatic rings. The summed E-state index contributed by atoms with van der Waals surface area (Å²) in [5, 5.41) is 0.399. The van der Waals surface area contributed by atoms with Gasteiger partial charge in [-0.15, -0.1) is 0 Å². The van der Waals surface area contributed by atoms with Gasteiger partial charge < -0.3 is 9.47 Å². The zero-order valence-corrected chi connectivity index (χ0v) is 10.6. The lowest BCUT2D eigenvalue weighted by Gasteiger charge is -2.10. The molecule has 16 heavy (non-hydrogen) atoms. The van der Waals surface area contributed by atoms with Crippen LogP contribution in [-0.4, -0.2) is 19.7 Å². The van der Waals surface area contributed by atoms with Crippen LogP contribution in [0.1, 0.15) is 12.5 Å². The van der Waals surface area contributed by atoms with E-state index in [2.05, 4.69) is 9.24 Å². The topological polar surface area (TPSA) is 35.5 Å². The number of rotatable bonds is 4. The number of ether oxygens (including phenoxy) is 2. The first kappa shape index (κ1) is 12.7. The van der Waals surface area contributed by atoms with Gasteiger partial charge in [-0.05, 0) is 6.92 Å². The fourth-order valence-corrected chi connectivity index (χ4v) is 1.64. The lowest BCUT2D eigenvalue weighted by atomic mass is 10.2. The van der Waals surface area contributed by atoms with E-state index in [9.17, 15) is 4.79 Å². The first-order chi connectivity index (χ1) is 7.70. The van der Waals surface area contributed by atoms with Gasteiger partial charge in [0.25, 0.3) is 0 Å². The molecule has 1 atom stereocenters. The SMILES string of the molecule is CCOC(=O)/C(P)=C(/OC)c1ccccc1. The Kier molecular flexibility index (Phi) is 5.00. The van der Waals surface area contributed by atoms with E-state index in [1.807, 2.05) is 30.3 Å². The number of carbonyl (C=O) groups excluding carboxylic acids is 1. The Hall–Kier alpha value is -1.34. The lowest BCUT2D eigenvalue weighted by Crippen LogP contribution is -2.06. The maximum atomic E-state index is 11.5. The minimum absolute atomic E-state index is 0.350. The van der Waals surface area contributed by atoms with Crippen LogP contribution in [-0.2, 0) is 14.3 Å². The van der Waals surface area contributed by atoms with E-state index in [4.69, 9.17) is 9.47 Å². The molecule has 1 unspecified atom stereocenters. The Labute approximate surface area is 97.6 Å². The van der Waals surface area contributed by atoms with Crippen molar-refractivity contribution in [1.82, 2.24) is 0 Å². The zero-order chi connectivity index (χ0) is 12.0. The van der Waals surface area contributed by atoms with E-state index in [0.29, 0.717) is 17.7 Å². The van der Waals surface area contributed by atoms with Crippen molar-refractivity contribution < 1.29 is 14.3 Å².